The average Bonchev–Trinajstić information content (AvgIpc) is 2.34. The molecular weight excluding hydrogens is 216 g/mol. The fourth-order valence-electron chi connectivity index (χ4n) is 2.64. The van der Waals surface area contributed by atoms with Crippen molar-refractivity contribution in [3.8, 4) is 0 Å². The van der Waals surface area contributed by atoms with Gasteiger partial charge in [-0.3, -0.25) is 4.90 Å². The van der Waals surface area contributed by atoms with Crippen molar-refractivity contribution >= 4 is 0 Å². The number of nitrogens with zero attached hydrogens (tertiary/aromatic N) is 1. The predicted molar refractivity (Wildman–Crippen MR) is 70.2 cm³/mol. The number of hydrogen-bond acceptors (Lipinski definition) is 4. The SMILES string of the molecule is COCC(CCCN)N1CCCC(C)(OC)C1. The molecule has 2 atom stereocenters. The van der Waals surface area contributed by atoms with Gasteiger partial charge in [0.15, 0.2) is 0 Å². The van der Waals surface area contributed by atoms with Gasteiger partial charge in [0, 0.05) is 26.8 Å². The highest BCUT2D eigenvalue weighted by atomic mass is 16.5. The van der Waals surface area contributed by atoms with Gasteiger partial charge in [-0.15, -0.1) is 0 Å². The molecule has 4 heteroatoms. The molecular formula is C13H28N2O2. The van der Waals surface area contributed by atoms with E-state index in [4.69, 9.17) is 15.2 Å². The maximum atomic E-state index is 5.63. The van der Waals surface area contributed by atoms with Gasteiger partial charge in [-0.1, -0.05) is 0 Å². The van der Waals surface area contributed by atoms with Crippen LogP contribution in [0, 0.1) is 0 Å². The summed E-state index contributed by atoms with van der Waals surface area (Å²) in [5, 5.41) is 0. The summed E-state index contributed by atoms with van der Waals surface area (Å²) >= 11 is 0. The topological polar surface area (TPSA) is 47.7 Å². The molecule has 0 aromatic heterocycles. The van der Waals surface area contributed by atoms with Gasteiger partial charge >= 0.3 is 0 Å². The molecule has 4 nitrogen and oxygen atoms in total. The van der Waals surface area contributed by atoms with Crippen LogP contribution in [0.1, 0.15) is 32.6 Å². The fourth-order valence-corrected chi connectivity index (χ4v) is 2.64. The molecule has 1 aliphatic heterocycles. The van der Waals surface area contributed by atoms with Crippen LogP contribution in [0.2, 0.25) is 0 Å². The smallest absolute Gasteiger partial charge is 0.0777 e. The van der Waals surface area contributed by atoms with Crippen LogP contribution in [0.4, 0.5) is 0 Å². The molecule has 0 radical (unpaired) electrons. The molecule has 0 saturated carbocycles. The van der Waals surface area contributed by atoms with E-state index in [1.165, 1.54) is 6.42 Å². The predicted octanol–water partition coefficient (Wildman–Crippen LogP) is 1.24. The summed E-state index contributed by atoms with van der Waals surface area (Å²) in [6, 6.07) is 0.485. The number of ether oxygens (including phenoxy) is 2. The summed E-state index contributed by atoms with van der Waals surface area (Å²) in [5.41, 5.74) is 5.60. The first-order valence-corrected chi connectivity index (χ1v) is 6.63. The van der Waals surface area contributed by atoms with Crippen molar-refractivity contribution in [1.82, 2.24) is 4.90 Å². The molecule has 102 valence electrons. The molecule has 17 heavy (non-hydrogen) atoms. The Morgan fingerprint density at radius 2 is 2.18 bits per heavy atom. The zero-order valence-corrected chi connectivity index (χ0v) is 11.6. The normalized spacial score (nSPS) is 28.2. The van der Waals surface area contributed by atoms with Gasteiger partial charge < -0.3 is 15.2 Å². The Hall–Kier alpha value is -0.160. The minimum absolute atomic E-state index is 0.00690. The molecule has 0 bridgehead atoms. The van der Waals surface area contributed by atoms with Crippen LogP contribution < -0.4 is 5.73 Å². The Morgan fingerprint density at radius 3 is 2.76 bits per heavy atom. The van der Waals surface area contributed by atoms with Gasteiger partial charge in [0.2, 0.25) is 0 Å². The standard InChI is InChI=1S/C13H28N2O2/c1-13(17-3)7-5-9-15(11-13)12(10-16-2)6-4-8-14/h12H,4-11,14H2,1-3H3. The minimum atomic E-state index is 0.00690. The van der Waals surface area contributed by atoms with Crippen LogP contribution in [-0.2, 0) is 9.47 Å². The minimum Gasteiger partial charge on any atom is -0.383 e. The number of methoxy groups -OCH3 is 2. The van der Waals surface area contributed by atoms with Gasteiger partial charge in [0.1, 0.15) is 0 Å². The quantitative estimate of drug-likeness (QED) is 0.732. The van der Waals surface area contributed by atoms with E-state index in [-0.39, 0.29) is 5.60 Å². The largest absolute Gasteiger partial charge is 0.383 e. The van der Waals surface area contributed by atoms with Crippen LogP contribution in [0.5, 0.6) is 0 Å². The molecule has 1 rings (SSSR count). The Balaban J connectivity index is 2.53. The highest BCUT2D eigenvalue weighted by Gasteiger charge is 2.33. The second kappa shape index (κ2) is 7.31. The van der Waals surface area contributed by atoms with Crippen molar-refractivity contribution < 1.29 is 9.47 Å². The number of nitrogens with two attached hydrogens (primary N) is 1. The second-order valence-corrected chi connectivity index (χ2v) is 5.27. The van der Waals surface area contributed by atoms with Crippen molar-refractivity contribution in [1.29, 1.82) is 0 Å². The molecule has 1 saturated heterocycles. The van der Waals surface area contributed by atoms with Crippen LogP contribution in [0.3, 0.4) is 0 Å². The van der Waals surface area contributed by atoms with E-state index in [2.05, 4.69) is 11.8 Å². The van der Waals surface area contributed by atoms with Crippen LogP contribution in [-0.4, -0.2) is 57.0 Å². The lowest BCUT2D eigenvalue weighted by Gasteiger charge is -2.43. The molecule has 0 aromatic carbocycles. The molecule has 0 amide bonds. The molecule has 0 aliphatic carbocycles. The van der Waals surface area contributed by atoms with Gasteiger partial charge in [-0.05, 0) is 45.7 Å². The van der Waals surface area contributed by atoms with Crippen molar-refractivity contribution in [3.63, 3.8) is 0 Å². The molecule has 1 heterocycles. The summed E-state index contributed by atoms with van der Waals surface area (Å²) in [6.07, 6.45) is 4.53. The van der Waals surface area contributed by atoms with Crippen molar-refractivity contribution in [2.75, 3.05) is 40.5 Å². The lowest BCUT2D eigenvalue weighted by Crippen LogP contribution is -2.52. The average molecular weight is 244 g/mol. The third-order valence-corrected chi connectivity index (χ3v) is 3.80. The molecule has 2 unspecified atom stereocenters. The lowest BCUT2D eigenvalue weighted by atomic mass is 9.93. The molecule has 0 aromatic rings. The highest BCUT2D eigenvalue weighted by molar-refractivity contribution is 4.87. The van der Waals surface area contributed by atoms with Crippen molar-refractivity contribution in [2.24, 2.45) is 5.73 Å². The number of piperidine rings is 1. The van der Waals surface area contributed by atoms with Crippen LogP contribution in [0.25, 0.3) is 0 Å². The number of likely N-dealkylation sites (tertiary alicyclic amines) is 1. The van der Waals surface area contributed by atoms with E-state index >= 15 is 0 Å². The maximum absolute atomic E-state index is 5.63. The molecule has 2 N–H and O–H groups in total. The maximum Gasteiger partial charge on any atom is 0.0777 e. The Labute approximate surface area is 105 Å². The second-order valence-electron chi connectivity index (χ2n) is 5.27. The molecule has 0 spiro atoms. The van der Waals surface area contributed by atoms with Crippen molar-refractivity contribution in [2.45, 2.75) is 44.2 Å². The number of hydrogen-bond donors (Lipinski definition) is 1. The first-order chi connectivity index (χ1) is 8.15. The van der Waals surface area contributed by atoms with Gasteiger partial charge in [-0.2, -0.15) is 0 Å². The van der Waals surface area contributed by atoms with Gasteiger partial charge in [0.25, 0.3) is 0 Å². The molecule has 1 fully saturated rings. The van der Waals surface area contributed by atoms with Crippen LogP contribution >= 0.6 is 0 Å². The summed E-state index contributed by atoms with van der Waals surface area (Å²) in [4.78, 5) is 2.51. The summed E-state index contributed by atoms with van der Waals surface area (Å²) in [5.74, 6) is 0. The van der Waals surface area contributed by atoms with E-state index in [1.807, 2.05) is 7.11 Å². The zero-order chi connectivity index (χ0) is 12.7. The Morgan fingerprint density at radius 1 is 1.41 bits per heavy atom. The van der Waals surface area contributed by atoms with Crippen LogP contribution in [0.15, 0.2) is 0 Å². The first kappa shape index (κ1) is 14.9. The van der Waals surface area contributed by atoms with E-state index in [9.17, 15) is 0 Å². The fraction of sp³-hybridized carbons (Fsp3) is 1.00. The summed E-state index contributed by atoms with van der Waals surface area (Å²) in [6.45, 7) is 5.90. The third-order valence-electron chi connectivity index (χ3n) is 3.80. The number of rotatable bonds is 7. The van der Waals surface area contributed by atoms with Crippen molar-refractivity contribution in [3.05, 3.63) is 0 Å². The monoisotopic (exact) mass is 244 g/mol. The summed E-state index contributed by atoms with van der Waals surface area (Å²) in [7, 11) is 3.59. The first-order valence-electron chi connectivity index (χ1n) is 6.63. The highest BCUT2D eigenvalue weighted by Crippen LogP contribution is 2.26. The Bertz CT molecular complexity index is 214. The third kappa shape index (κ3) is 4.54. The van der Waals surface area contributed by atoms with E-state index < -0.39 is 0 Å². The Kier molecular flexibility index (Phi) is 6.41. The van der Waals surface area contributed by atoms with E-state index in [1.54, 1.807) is 7.11 Å². The van der Waals surface area contributed by atoms with Gasteiger partial charge in [-0.25, -0.2) is 0 Å². The van der Waals surface area contributed by atoms with Gasteiger partial charge in [0.05, 0.1) is 12.2 Å². The summed E-state index contributed by atoms with van der Waals surface area (Å²) < 4.78 is 11.0. The lowest BCUT2D eigenvalue weighted by molar-refractivity contribution is -0.0693. The van der Waals surface area contributed by atoms with E-state index in [0.29, 0.717) is 6.04 Å². The zero-order valence-electron chi connectivity index (χ0n) is 11.6. The molecule has 1 aliphatic rings. The van der Waals surface area contributed by atoms with E-state index in [0.717, 1.165) is 45.5 Å².